The van der Waals surface area contributed by atoms with Crippen LogP contribution in [-0.2, 0) is 16.0 Å². The molecule has 0 aliphatic carbocycles. The van der Waals surface area contributed by atoms with Crippen LogP contribution in [0.3, 0.4) is 0 Å². The number of likely N-dealkylation sites (N-methyl/N-ethyl adjacent to an activating group) is 1. The van der Waals surface area contributed by atoms with E-state index in [0.717, 1.165) is 0 Å². The van der Waals surface area contributed by atoms with E-state index < -0.39 is 5.97 Å². The number of rotatable bonds is 7. The zero-order valence-corrected chi connectivity index (χ0v) is 11.5. The fourth-order valence-corrected chi connectivity index (χ4v) is 1.77. The summed E-state index contributed by atoms with van der Waals surface area (Å²) in [5.74, 6) is -0.195. The van der Waals surface area contributed by atoms with Crippen LogP contribution in [0.25, 0.3) is 11.6 Å². The van der Waals surface area contributed by atoms with Crippen molar-refractivity contribution in [1.29, 1.82) is 0 Å². The van der Waals surface area contributed by atoms with Gasteiger partial charge in [0.15, 0.2) is 5.76 Å². The summed E-state index contributed by atoms with van der Waals surface area (Å²) in [5.41, 5.74) is 0. The Morgan fingerprint density at radius 1 is 1.43 bits per heavy atom. The first-order valence-electron chi connectivity index (χ1n) is 6.46. The molecule has 2 heterocycles. The number of carboxylic acid groups (broad SMARTS) is 1. The van der Waals surface area contributed by atoms with Crippen molar-refractivity contribution in [2.75, 3.05) is 13.1 Å². The van der Waals surface area contributed by atoms with Crippen LogP contribution in [0.4, 0.5) is 0 Å². The second-order valence-electron chi connectivity index (χ2n) is 4.29. The summed E-state index contributed by atoms with van der Waals surface area (Å²) in [7, 11) is 0. The maximum absolute atomic E-state index is 11.9. The lowest BCUT2D eigenvalue weighted by atomic mass is 10.2. The van der Waals surface area contributed by atoms with Gasteiger partial charge in [0, 0.05) is 19.4 Å². The Bertz CT molecular complexity index is 605. The highest BCUT2D eigenvalue weighted by Gasteiger charge is 2.17. The number of carboxylic acids is 1. The van der Waals surface area contributed by atoms with Gasteiger partial charge in [0.25, 0.3) is 0 Å². The third kappa shape index (κ3) is 3.91. The van der Waals surface area contributed by atoms with Gasteiger partial charge in [-0.3, -0.25) is 9.59 Å². The highest BCUT2D eigenvalue weighted by atomic mass is 16.5. The molecule has 8 nitrogen and oxygen atoms in total. The minimum absolute atomic E-state index is 0.112. The molecule has 0 aliphatic rings. The number of hydrogen-bond acceptors (Lipinski definition) is 6. The highest BCUT2D eigenvalue weighted by molar-refractivity contribution is 5.81. The first kappa shape index (κ1) is 14.8. The summed E-state index contributed by atoms with van der Waals surface area (Å²) >= 11 is 0. The number of amides is 1. The van der Waals surface area contributed by atoms with Crippen LogP contribution in [0.1, 0.15) is 19.2 Å². The molecule has 8 heteroatoms. The average molecular weight is 293 g/mol. The molecule has 0 atom stereocenters. The number of carbonyl (C=O) groups is 2. The number of aromatic nitrogens is 2. The fourth-order valence-electron chi connectivity index (χ4n) is 1.77. The second kappa shape index (κ2) is 6.69. The van der Waals surface area contributed by atoms with Crippen LogP contribution in [0.15, 0.2) is 27.3 Å². The van der Waals surface area contributed by atoms with Gasteiger partial charge >= 0.3 is 5.97 Å². The number of carbonyl (C=O) groups excluding carboxylic acids is 1. The van der Waals surface area contributed by atoms with Gasteiger partial charge in [-0.2, -0.15) is 4.98 Å². The van der Waals surface area contributed by atoms with E-state index in [1.165, 1.54) is 11.2 Å². The standard InChI is InChI=1S/C13H15N3O5/c1-2-16(8-12(18)19)11(17)6-5-10-14-13(15-21-10)9-4-3-7-20-9/h3-4,7H,2,5-6,8H2,1H3,(H,18,19). The van der Waals surface area contributed by atoms with Crippen molar-refractivity contribution in [1.82, 2.24) is 15.0 Å². The molecule has 0 saturated carbocycles. The third-order valence-electron chi connectivity index (χ3n) is 2.82. The van der Waals surface area contributed by atoms with Crippen LogP contribution < -0.4 is 0 Å². The number of aryl methyl sites for hydroxylation is 1. The van der Waals surface area contributed by atoms with Gasteiger partial charge in [-0.25, -0.2) is 0 Å². The molecule has 2 aromatic heterocycles. The molecular weight excluding hydrogens is 278 g/mol. The van der Waals surface area contributed by atoms with E-state index in [4.69, 9.17) is 14.0 Å². The van der Waals surface area contributed by atoms with E-state index >= 15 is 0 Å². The summed E-state index contributed by atoms with van der Waals surface area (Å²) in [6, 6.07) is 3.41. The number of hydrogen-bond donors (Lipinski definition) is 1. The zero-order valence-electron chi connectivity index (χ0n) is 11.5. The van der Waals surface area contributed by atoms with Crippen LogP contribution in [0.5, 0.6) is 0 Å². The summed E-state index contributed by atoms with van der Waals surface area (Å²) in [6.07, 6.45) is 1.86. The van der Waals surface area contributed by atoms with Crippen molar-refractivity contribution >= 4 is 11.9 Å². The summed E-state index contributed by atoms with van der Waals surface area (Å²) in [4.78, 5) is 27.9. The van der Waals surface area contributed by atoms with Crippen molar-refractivity contribution in [3.05, 3.63) is 24.3 Å². The van der Waals surface area contributed by atoms with Gasteiger partial charge in [-0.15, -0.1) is 0 Å². The molecule has 1 amide bonds. The van der Waals surface area contributed by atoms with E-state index in [9.17, 15) is 9.59 Å². The SMILES string of the molecule is CCN(CC(=O)O)C(=O)CCc1nc(-c2ccco2)no1. The van der Waals surface area contributed by atoms with Crippen LogP contribution in [0, 0.1) is 0 Å². The van der Waals surface area contributed by atoms with Crippen LogP contribution in [0.2, 0.25) is 0 Å². The van der Waals surface area contributed by atoms with Gasteiger partial charge in [-0.05, 0) is 19.1 Å². The van der Waals surface area contributed by atoms with E-state index in [2.05, 4.69) is 10.1 Å². The average Bonchev–Trinajstić information content (AvgIpc) is 3.12. The molecule has 1 N–H and O–H groups in total. The fraction of sp³-hybridized carbons (Fsp3) is 0.385. The summed E-state index contributed by atoms with van der Waals surface area (Å²) in [6.45, 7) is 1.76. The van der Waals surface area contributed by atoms with E-state index in [1.807, 2.05) is 0 Å². The maximum Gasteiger partial charge on any atom is 0.323 e. The zero-order chi connectivity index (χ0) is 15.2. The predicted octanol–water partition coefficient (Wildman–Crippen LogP) is 1.20. The molecule has 0 bridgehead atoms. The molecule has 112 valence electrons. The van der Waals surface area contributed by atoms with Gasteiger partial charge in [-0.1, -0.05) is 5.16 Å². The van der Waals surface area contributed by atoms with Crippen molar-refractivity contribution < 1.29 is 23.6 Å². The van der Waals surface area contributed by atoms with Gasteiger partial charge in [0.1, 0.15) is 6.54 Å². The maximum atomic E-state index is 11.9. The van der Waals surface area contributed by atoms with E-state index in [-0.39, 0.29) is 25.3 Å². The van der Waals surface area contributed by atoms with Crippen LogP contribution in [-0.4, -0.2) is 45.1 Å². The molecule has 0 aromatic carbocycles. The minimum Gasteiger partial charge on any atom is -0.480 e. The van der Waals surface area contributed by atoms with Crippen molar-refractivity contribution in [3.63, 3.8) is 0 Å². The lowest BCUT2D eigenvalue weighted by molar-refractivity contribution is -0.144. The number of aliphatic carboxylic acids is 1. The Kier molecular flexibility index (Phi) is 4.70. The van der Waals surface area contributed by atoms with Gasteiger partial charge in [0.2, 0.25) is 17.6 Å². The first-order chi connectivity index (χ1) is 10.1. The number of nitrogens with zero attached hydrogens (tertiary/aromatic N) is 3. The third-order valence-corrected chi connectivity index (χ3v) is 2.82. The van der Waals surface area contributed by atoms with Crippen molar-refractivity contribution in [3.8, 4) is 11.6 Å². The monoisotopic (exact) mass is 293 g/mol. The molecule has 2 aromatic rings. The summed E-state index contributed by atoms with van der Waals surface area (Å²) in [5, 5.41) is 12.5. The molecule has 0 spiro atoms. The topological polar surface area (TPSA) is 110 Å². The smallest absolute Gasteiger partial charge is 0.323 e. The molecule has 0 radical (unpaired) electrons. The Balaban J connectivity index is 1.91. The Morgan fingerprint density at radius 3 is 2.86 bits per heavy atom. The first-order valence-corrected chi connectivity index (χ1v) is 6.46. The second-order valence-corrected chi connectivity index (χ2v) is 4.29. The minimum atomic E-state index is -1.04. The Labute approximate surface area is 120 Å². The summed E-state index contributed by atoms with van der Waals surface area (Å²) < 4.78 is 10.2. The quantitative estimate of drug-likeness (QED) is 0.816. The van der Waals surface area contributed by atoms with Crippen LogP contribution >= 0.6 is 0 Å². The predicted molar refractivity (Wildman–Crippen MR) is 70.2 cm³/mol. The van der Waals surface area contributed by atoms with E-state index in [0.29, 0.717) is 24.0 Å². The molecule has 0 saturated heterocycles. The molecule has 0 aliphatic heterocycles. The highest BCUT2D eigenvalue weighted by Crippen LogP contribution is 2.16. The van der Waals surface area contributed by atoms with Crippen molar-refractivity contribution in [2.45, 2.75) is 19.8 Å². The molecular formula is C13H15N3O5. The van der Waals surface area contributed by atoms with Gasteiger partial charge < -0.3 is 18.9 Å². The lowest BCUT2D eigenvalue weighted by Gasteiger charge is -2.17. The Morgan fingerprint density at radius 2 is 2.24 bits per heavy atom. The lowest BCUT2D eigenvalue weighted by Crippen LogP contribution is -2.35. The molecule has 0 fully saturated rings. The van der Waals surface area contributed by atoms with E-state index in [1.54, 1.807) is 19.1 Å². The van der Waals surface area contributed by atoms with Crippen molar-refractivity contribution in [2.24, 2.45) is 0 Å². The normalized spacial score (nSPS) is 10.5. The Hall–Kier alpha value is -2.64. The number of furan rings is 1. The largest absolute Gasteiger partial charge is 0.480 e. The van der Waals surface area contributed by atoms with Gasteiger partial charge in [0.05, 0.1) is 6.26 Å². The molecule has 21 heavy (non-hydrogen) atoms. The molecule has 2 rings (SSSR count). The molecule has 0 unspecified atom stereocenters.